The van der Waals surface area contributed by atoms with E-state index in [0.29, 0.717) is 12.2 Å². The van der Waals surface area contributed by atoms with Gasteiger partial charge >= 0.3 is 0 Å². The Labute approximate surface area is 171 Å². The molecule has 4 rings (SSSR count). The molecule has 0 aliphatic carbocycles. The minimum absolute atomic E-state index is 0.0229. The first-order valence-corrected chi connectivity index (χ1v) is 12.5. The van der Waals surface area contributed by atoms with Crippen LogP contribution in [-0.2, 0) is 14.6 Å². The number of fused-ring (bicyclic) bond motifs is 1. The van der Waals surface area contributed by atoms with Gasteiger partial charge in [0.2, 0.25) is 5.91 Å². The van der Waals surface area contributed by atoms with Crippen molar-refractivity contribution in [1.29, 1.82) is 0 Å². The number of nitrogens with one attached hydrogen (secondary N) is 1. The lowest BCUT2D eigenvalue weighted by atomic mass is 10.2. The number of benzene rings is 1. The van der Waals surface area contributed by atoms with Crippen molar-refractivity contribution in [2.45, 2.75) is 29.7 Å². The second-order valence-electron chi connectivity index (χ2n) is 6.72. The molecule has 1 aromatic carbocycles. The van der Waals surface area contributed by atoms with Gasteiger partial charge in [-0.25, -0.2) is 18.4 Å². The van der Waals surface area contributed by atoms with Crippen molar-refractivity contribution < 1.29 is 13.2 Å². The Morgan fingerprint density at radius 3 is 2.79 bits per heavy atom. The highest BCUT2D eigenvalue weighted by Crippen LogP contribution is 2.32. The van der Waals surface area contributed by atoms with E-state index in [2.05, 4.69) is 10.3 Å². The molecular formula is C19H19N3O3S3. The van der Waals surface area contributed by atoms with E-state index >= 15 is 0 Å². The molecule has 2 atom stereocenters. The molecule has 0 bridgehead atoms. The average Bonchev–Trinajstić information content (AvgIpc) is 3.31. The molecule has 2 aromatic heterocycles. The van der Waals surface area contributed by atoms with Crippen molar-refractivity contribution in [1.82, 2.24) is 15.3 Å². The minimum Gasteiger partial charge on any atom is -0.351 e. The molecule has 0 radical (unpaired) electrons. The van der Waals surface area contributed by atoms with E-state index < -0.39 is 15.1 Å². The van der Waals surface area contributed by atoms with Crippen LogP contribution in [0.15, 0.2) is 46.8 Å². The van der Waals surface area contributed by atoms with Gasteiger partial charge in [0.05, 0.1) is 27.1 Å². The van der Waals surface area contributed by atoms with E-state index in [9.17, 15) is 13.2 Å². The molecule has 1 aliphatic heterocycles. The standard InChI is InChI=1S/C19H19N3O3S3/c1-12(18(23)20-13-8-10-28(24,25)11-13)27-19-14-5-2-3-6-15(14)21-17(22-19)16-7-4-9-26-16/h2-7,9,12-13H,8,10-11H2,1H3,(H,20,23). The summed E-state index contributed by atoms with van der Waals surface area (Å²) in [6, 6.07) is 11.4. The lowest BCUT2D eigenvalue weighted by Gasteiger charge is -2.16. The largest absolute Gasteiger partial charge is 0.351 e. The maximum Gasteiger partial charge on any atom is 0.233 e. The maximum atomic E-state index is 12.6. The number of hydrogen-bond donors (Lipinski definition) is 1. The van der Waals surface area contributed by atoms with Gasteiger partial charge in [-0.2, -0.15) is 0 Å². The molecule has 3 heterocycles. The Kier molecular flexibility index (Phi) is 5.39. The van der Waals surface area contributed by atoms with E-state index in [0.717, 1.165) is 20.8 Å². The Hall–Kier alpha value is -1.97. The number of para-hydroxylation sites is 1. The van der Waals surface area contributed by atoms with Crippen LogP contribution < -0.4 is 5.32 Å². The second-order valence-corrected chi connectivity index (χ2v) is 11.2. The third kappa shape index (κ3) is 4.21. The van der Waals surface area contributed by atoms with Gasteiger partial charge in [-0.3, -0.25) is 4.79 Å². The van der Waals surface area contributed by atoms with Crippen LogP contribution in [0.3, 0.4) is 0 Å². The summed E-state index contributed by atoms with van der Waals surface area (Å²) >= 11 is 2.94. The zero-order valence-electron chi connectivity index (χ0n) is 15.2. The summed E-state index contributed by atoms with van der Waals surface area (Å²) in [5, 5.41) is 6.08. The molecular weight excluding hydrogens is 414 g/mol. The zero-order chi connectivity index (χ0) is 19.7. The predicted octanol–water partition coefficient (Wildman–Crippen LogP) is 3.14. The minimum atomic E-state index is -3.03. The highest BCUT2D eigenvalue weighted by Gasteiger charge is 2.30. The summed E-state index contributed by atoms with van der Waals surface area (Å²) < 4.78 is 23.2. The first kappa shape index (κ1) is 19.4. The lowest BCUT2D eigenvalue weighted by Crippen LogP contribution is -2.39. The number of rotatable bonds is 5. The lowest BCUT2D eigenvalue weighted by molar-refractivity contribution is -0.120. The Bertz CT molecular complexity index is 1110. The number of thiophene rings is 1. The molecule has 6 nitrogen and oxygen atoms in total. The Morgan fingerprint density at radius 2 is 2.07 bits per heavy atom. The van der Waals surface area contributed by atoms with Gasteiger partial charge < -0.3 is 5.32 Å². The van der Waals surface area contributed by atoms with Gasteiger partial charge in [-0.15, -0.1) is 11.3 Å². The van der Waals surface area contributed by atoms with Gasteiger partial charge in [0.25, 0.3) is 0 Å². The van der Waals surface area contributed by atoms with Crippen LogP contribution in [0.2, 0.25) is 0 Å². The molecule has 0 saturated carbocycles. The van der Waals surface area contributed by atoms with Crippen molar-refractivity contribution in [2.75, 3.05) is 11.5 Å². The molecule has 3 aromatic rings. The summed E-state index contributed by atoms with van der Waals surface area (Å²) in [5.41, 5.74) is 0.831. The fourth-order valence-electron chi connectivity index (χ4n) is 3.10. The van der Waals surface area contributed by atoms with E-state index in [1.165, 1.54) is 11.8 Å². The third-order valence-electron chi connectivity index (χ3n) is 4.55. The molecule has 1 fully saturated rings. The average molecular weight is 434 g/mol. The molecule has 1 N–H and O–H groups in total. The number of carbonyl (C=O) groups excluding carboxylic acids is 1. The second kappa shape index (κ2) is 7.81. The highest BCUT2D eigenvalue weighted by molar-refractivity contribution is 8.00. The van der Waals surface area contributed by atoms with Crippen LogP contribution >= 0.6 is 23.1 Å². The van der Waals surface area contributed by atoms with Crippen molar-refractivity contribution in [3.63, 3.8) is 0 Å². The number of thioether (sulfide) groups is 1. The molecule has 1 amide bonds. The monoisotopic (exact) mass is 433 g/mol. The molecule has 9 heteroatoms. The zero-order valence-corrected chi connectivity index (χ0v) is 17.6. The van der Waals surface area contributed by atoms with Crippen LogP contribution in [0, 0.1) is 0 Å². The number of sulfone groups is 1. The quantitative estimate of drug-likeness (QED) is 0.491. The summed E-state index contributed by atoms with van der Waals surface area (Å²) in [6.07, 6.45) is 0.477. The van der Waals surface area contributed by atoms with E-state index in [1.54, 1.807) is 11.3 Å². The van der Waals surface area contributed by atoms with Crippen molar-refractivity contribution in [3.05, 3.63) is 41.8 Å². The fraction of sp³-hybridized carbons (Fsp3) is 0.316. The van der Waals surface area contributed by atoms with Gasteiger partial charge in [-0.05, 0) is 30.9 Å². The van der Waals surface area contributed by atoms with Crippen LogP contribution in [-0.4, -0.2) is 47.1 Å². The Balaban J connectivity index is 1.57. The first-order chi connectivity index (χ1) is 13.4. The molecule has 1 saturated heterocycles. The van der Waals surface area contributed by atoms with Gasteiger partial charge in [-0.1, -0.05) is 36.0 Å². The predicted molar refractivity (Wildman–Crippen MR) is 113 cm³/mol. The summed E-state index contributed by atoms with van der Waals surface area (Å²) in [6.45, 7) is 1.81. The summed E-state index contributed by atoms with van der Waals surface area (Å²) in [7, 11) is -3.03. The number of amides is 1. The summed E-state index contributed by atoms with van der Waals surface area (Å²) in [4.78, 5) is 22.9. The molecule has 0 spiro atoms. The number of hydrogen-bond acceptors (Lipinski definition) is 7. The van der Waals surface area contributed by atoms with Gasteiger partial charge in [0, 0.05) is 11.4 Å². The van der Waals surface area contributed by atoms with E-state index in [1.807, 2.05) is 48.7 Å². The van der Waals surface area contributed by atoms with Crippen LogP contribution in [0.5, 0.6) is 0 Å². The Morgan fingerprint density at radius 1 is 1.25 bits per heavy atom. The first-order valence-electron chi connectivity index (χ1n) is 8.89. The van der Waals surface area contributed by atoms with Crippen molar-refractivity contribution in [2.24, 2.45) is 0 Å². The number of carbonyl (C=O) groups is 1. The van der Waals surface area contributed by atoms with Gasteiger partial charge in [0.1, 0.15) is 5.03 Å². The van der Waals surface area contributed by atoms with Crippen molar-refractivity contribution >= 4 is 49.7 Å². The molecule has 146 valence electrons. The van der Waals surface area contributed by atoms with E-state index in [-0.39, 0.29) is 23.5 Å². The van der Waals surface area contributed by atoms with Crippen LogP contribution in [0.25, 0.3) is 21.6 Å². The van der Waals surface area contributed by atoms with Crippen LogP contribution in [0.4, 0.5) is 0 Å². The topological polar surface area (TPSA) is 89.0 Å². The number of aromatic nitrogens is 2. The third-order valence-corrected chi connectivity index (χ3v) is 8.28. The normalized spacial score (nSPS) is 19.5. The van der Waals surface area contributed by atoms with Crippen molar-refractivity contribution in [3.8, 4) is 10.7 Å². The van der Waals surface area contributed by atoms with Crippen LogP contribution in [0.1, 0.15) is 13.3 Å². The van der Waals surface area contributed by atoms with Gasteiger partial charge in [0.15, 0.2) is 15.7 Å². The van der Waals surface area contributed by atoms with E-state index in [4.69, 9.17) is 4.98 Å². The molecule has 1 aliphatic rings. The highest BCUT2D eigenvalue weighted by atomic mass is 32.2. The SMILES string of the molecule is CC(Sc1nc(-c2cccs2)nc2ccccc12)C(=O)NC1CCS(=O)(=O)C1. The molecule has 2 unspecified atom stereocenters. The smallest absolute Gasteiger partial charge is 0.233 e. The fourth-order valence-corrected chi connectivity index (χ4v) is 6.38. The summed E-state index contributed by atoms with van der Waals surface area (Å²) in [5.74, 6) is 0.633. The number of nitrogens with zero attached hydrogens (tertiary/aromatic N) is 2. The maximum absolute atomic E-state index is 12.6. The molecule has 28 heavy (non-hydrogen) atoms.